The van der Waals surface area contributed by atoms with Crippen LogP contribution in [0.1, 0.15) is 59.9 Å². The van der Waals surface area contributed by atoms with Crippen LogP contribution < -0.4 is 0 Å². The van der Waals surface area contributed by atoms with Crippen LogP contribution in [0.3, 0.4) is 0 Å². The number of benzene rings is 3. The van der Waals surface area contributed by atoms with Crippen LogP contribution in [0.5, 0.6) is 0 Å². The maximum Gasteiger partial charge on any atom is 0.0463 e. The van der Waals surface area contributed by atoms with E-state index in [4.69, 9.17) is 11.6 Å². The summed E-state index contributed by atoms with van der Waals surface area (Å²) in [5.74, 6) is 0.779. The Labute approximate surface area is 173 Å². The fourth-order valence-corrected chi connectivity index (χ4v) is 5.54. The molecule has 0 fully saturated rings. The highest BCUT2D eigenvalue weighted by Crippen LogP contribution is 2.55. The molecule has 0 bridgehead atoms. The summed E-state index contributed by atoms with van der Waals surface area (Å²) in [5.41, 5.74) is 10.4. The summed E-state index contributed by atoms with van der Waals surface area (Å²) >= 11 is 5.90. The lowest BCUT2D eigenvalue weighted by Crippen LogP contribution is -2.28. The predicted molar refractivity (Wildman–Crippen MR) is 119 cm³/mol. The molecule has 28 heavy (non-hydrogen) atoms. The zero-order chi connectivity index (χ0) is 19.0. The van der Waals surface area contributed by atoms with Gasteiger partial charge in [-0.3, -0.25) is 0 Å². The molecule has 5 rings (SSSR count). The van der Waals surface area contributed by atoms with Gasteiger partial charge in [-0.15, -0.1) is 11.6 Å². The van der Waals surface area contributed by atoms with Crippen molar-refractivity contribution in [1.29, 1.82) is 0 Å². The third kappa shape index (κ3) is 2.73. The molecule has 0 heterocycles. The molecule has 2 aliphatic rings. The van der Waals surface area contributed by atoms with Gasteiger partial charge in [0.15, 0.2) is 0 Å². The third-order valence-corrected chi connectivity index (χ3v) is 7.13. The van der Waals surface area contributed by atoms with Gasteiger partial charge in [-0.1, -0.05) is 86.0 Å². The second kappa shape index (κ2) is 7.41. The molecule has 2 aliphatic carbocycles. The molecular weight excluding hydrogens is 360 g/mol. The van der Waals surface area contributed by atoms with Gasteiger partial charge < -0.3 is 0 Å². The zero-order valence-corrected chi connectivity index (χ0v) is 17.1. The lowest BCUT2D eigenvalue weighted by molar-refractivity contribution is 0.515. The molecule has 0 aliphatic heterocycles. The fraction of sp³-hybridized carbons (Fsp3) is 0.333. The molecule has 0 spiro atoms. The Bertz CT molecular complexity index is 955. The van der Waals surface area contributed by atoms with E-state index in [1.165, 1.54) is 66.3 Å². The highest BCUT2D eigenvalue weighted by molar-refractivity contribution is 6.17. The number of rotatable bonds is 7. The standard InChI is InChI=1S/C27H27Cl/c28-18-8-2-1-7-17-27(22-16-15-20-13-14-21(20)19-22)25-11-5-3-9-23(25)24-10-4-6-12-26(24)27/h3-6,9-12,15-16,19H,1-2,7-8,13-14,17-18H2. The number of unbranched alkanes of at least 4 members (excludes halogenated alkanes) is 3. The minimum atomic E-state index is -0.0151. The summed E-state index contributed by atoms with van der Waals surface area (Å²) in [4.78, 5) is 0. The quantitative estimate of drug-likeness (QED) is 0.295. The van der Waals surface area contributed by atoms with Gasteiger partial charge in [0, 0.05) is 11.3 Å². The van der Waals surface area contributed by atoms with Gasteiger partial charge in [-0.2, -0.15) is 0 Å². The van der Waals surface area contributed by atoms with Crippen molar-refractivity contribution in [2.75, 3.05) is 5.88 Å². The van der Waals surface area contributed by atoms with Crippen molar-refractivity contribution in [2.24, 2.45) is 0 Å². The van der Waals surface area contributed by atoms with Crippen LogP contribution in [0.15, 0.2) is 66.7 Å². The van der Waals surface area contributed by atoms with Crippen molar-refractivity contribution < 1.29 is 0 Å². The van der Waals surface area contributed by atoms with Gasteiger partial charge in [0.25, 0.3) is 0 Å². The lowest BCUT2D eigenvalue weighted by Gasteiger charge is -2.35. The second-order valence-corrected chi connectivity index (χ2v) is 8.71. The number of hydrogen-bond acceptors (Lipinski definition) is 0. The molecule has 0 nitrogen and oxygen atoms in total. The number of aryl methyl sites for hydroxylation is 2. The summed E-state index contributed by atoms with van der Waals surface area (Å²) in [7, 11) is 0. The first-order valence-electron chi connectivity index (χ1n) is 10.7. The maximum atomic E-state index is 5.90. The fourth-order valence-electron chi connectivity index (χ4n) is 5.35. The lowest BCUT2D eigenvalue weighted by atomic mass is 9.68. The molecule has 1 heteroatoms. The molecule has 3 aromatic carbocycles. The number of fused-ring (bicyclic) bond motifs is 4. The maximum absolute atomic E-state index is 5.90. The smallest absolute Gasteiger partial charge is 0.0463 e. The highest BCUT2D eigenvalue weighted by atomic mass is 35.5. The van der Waals surface area contributed by atoms with E-state index in [1.54, 1.807) is 11.1 Å². The monoisotopic (exact) mass is 386 g/mol. The largest absolute Gasteiger partial charge is 0.127 e. The minimum absolute atomic E-state index is 0.0151. The Kier molecular flexibility index (Phi) is 4.77. The molecule has 3 aromatic rings. The van der Waals surface area contributed by atoms with Crippen LogP contribution in [0.25, 0.3) is 11.1 Å². The summed E-state index contributed by atoms with van der Waals surface area (Å²) in [5, 5.41) is 0. The average Bonchev–Trinajstić information content (AvgIpc) is 3.00. The van der Waals surface area contributed by atoms with Gasteiger partial charge >= 0.3 is 0 Å². The minimum Gasteiger partial charge on any atom is -0.127 e. The molecule has 0 radical (unpaired) electrons. The molecule has 0 saturated carbocycles. The molecular formula is C27H27Cl. The van der Waals surface area contributed by atoms with E-state index >= 15 is 0 Å². The van der Waals surface area contributed by atoms with Gasteiger partial charge in [0.2, 0.25) is 0 Å². The van der Waals surface area contributed by atoms with Crippen LogP contribution in [0.4, 0.5) is 0 Å². The van der Waals surface area contributed by atoms with Crippen molar-refractivity contribution in [1.82, 2.24) is 0 Å². The van der Waals surface area contributed by atoms with Crippen molar-refractivity contribution in [3.63, 3.8) is 0 Å². The first kappa shape index (κ1) is 18.0. The van der Waals surface area contributed by atoms with E-state index in [9.17, 15) is 0 Å². The van der Waals surface area contributed by atoms with Crippen molar-refractivity contribution >= 4 is 11.6 Å². The predicted octanol–water partition coefficient (Wildman–Crippen LogP) is 7.29. The normalized spacial score (nSPS) is 15.5. The summed E-state index contributed by atoms with van der Waals surface area (Å²) in [6.45, 7) is 0. The van der Waals surface area contributed by atoms with Gasteiger partial charge in [-0.25, -0.2) is 0 Å². The SMILES string of the molecule is ClCCCCCCC1(c2ccc3c(c2)CC3)c2ccccc2-c2ccccc21. The van der Waals surface area contributed by atoms with Crippen molar-refractivity contribution in [2.45, 2.75) is 50.4 Å². The Hall–Kier alpha value is -2.05. The Morgan fingerprint density at radius 3 is 1.93 bits per heavy atom. The van der Waals surface area contributed by atoms with Crippen LogP contribution in [-0.2, 0) is 18.3 Å². The van der Waals surface area contributed by atoms with Crippen LogP contribution in [0.2, 0.25) is 0 Å². The Balaban J connectivity index is 1.65. The summed E-state index contributed by atoms with van der Waals surface area (Å²) in [6, 6.07) is 25.5. The Morgan fingerprint density at radius 1 is 0.679 bits per heavy atom. The van der Waals surface area contributed by atoms with Crippen LogP contribution >= 0.6 is 11.6 Å². The number of alkyl halides is 1. The van der Waals surface area contributed by atoms with Crippen molar-refractivity contribution in [3.8, 4) is 11.1 Å². The topological polar surface area (TPSA) is 0 Å². The van der Waals surface area contributed by atoms with Gasteiger partial charge in [0.1, 0.15) is 0 Å². The first-order chi connectivity index (χ1) is 13.8. The Morgan fingerprint density at radius 2 is 1.32 bits per heavy atom. The van der Waals surface area contributed by atoms with Gasteiger partial charge in [0.05, 0.1) is 0 Å². The molecule has 0 atom stereocenters. The highest BCUT2D eigenvalue weighted by Gasteiger charge is 2.44. The zero-order valence-electron chi connectivity index (χ0n) is 16.4. The van der Waals surface area contributed by atoms with E-state index in [0.29, 0.717) is 0 Å². The summed E-state index contributed by atoms with van der Waals surface area (Å²) < 4.78 is 0. The molecule has 0 amide bonds. The first-order valence-corrected chi connectivity index (χ1v) is 11.3. The van der Waals surface area contributed by atoms with Crippen LogP contribution in [-0.4, -0.2) is 5.88 Å². The van der Waals surface area contributed by atoms with E-state index in [2.05, 4.69) is 66.7 Å². The van der Waals surface area contributed by atoms with Gasteiger partial charge in [-0.05, 0) is 64.6 Å². The van der Waals surface area contributed by atoms with E-state index in [0.717, 1.165) is 12.3 Å². The molecule has 0 saturated heterocycles. The van der Waals surface area contributed by atoms with Crippen LogP contribution in [0, 0.1) is 0 Å². The third-order valence-electron chi connectivity index (χ3n) is 6.86. The molecule has 0 N–H and O–H groups in total. The number of halogens is 1. The summed E-state index contributed by atoms with van der Waals surface area (Å²) in [6.07, 6.45) is 8.49. The molecule has 142 valence electrons. The number of hydrogen-bond donors (Lipinski definition) is 0. The molecule has 0 unspecified atom stereocenters. The van der Waals surface area contributed by atoms with Crippen molar-refractivity contribution in [3.05, 3.63) is 94.5 Å². The van der Waals surface area contributed by atoms with E-state index in [1.807, 2.05) is 0 Å². The van der Waals surface area contributed by atoms with E-state index < -0.39 is 0 Å². The van der Waals surface area contributed by atoms with E-state index in [-0.39, 0.29) is 5.41 Å². The second-order valence-electron chi connectivity index (χ2n) is 8.33. The average molecular weight is 387 g/mol. The molecule has 0 aromatic heterocycles.